The molecule has 0 saturated carbocycles. The number of carboxylic acids is 1. The van der Waals surface area contributed by atoms with Crippen molar-refractivity contribution in [1.29, 1.82) is 0 Å². The quantitative estimate of drug-likeness (QED) is 0.738. The standard InChI is InChI=1S/C17H18N6O3/c1-10-13(17(25)26)8-21-23(10)11-3-6-22(7-4-11)16(24)14-12-2-5-18-15(12)20-9-19-14/h2,5,8-9,11H,3-4,6-7H2,1H3,(H,25,26)(H,18,19,20). The Hall–Kier alpha value is -3.23. The molecule has 9 nitrogen and oxygen atoms in total. The summed E-state index contributed by atoms with van der Waals surface area (Å²) in [6, 6.07) is 1.89. The molecule has 2 N–H and O–H groups in total. The molecular weight excluding hydrogens is 336 g/mol. The molecule has 134 valence electrons. The number of carbonyl (C=O) groups is 2. The fourth-order valence-electron chi connectivity index (χ4n) is 3.51. The molecule has 0 unspecified atom stereocenters. The summed E-state index contributed by atoms with van der Waals surface area (Å²) in [5.41, 5.74) is 1.91. The van der Waals surface area contributed by atoms with Gasteiger partial charge in [-0.1, -0.05) is 0 Å². The first-order chi connectivity index (χ1) is 12.6. The van der Waals surface area contributed by atoms with Crippen molar-refractivity contribution in [2.24, 2.45) is 0 Å². The maximum atomic E-state index is 12.8. The Bertz CT molecular complexity index is 983. The first-order valence-corrected chi connectivity index (χ1v) is 8.41. The third kappa shape index (κ3) is 2.61. The Morgan fingerprint density at radius 1 is 1.27 bits per heavy atom. The zero-order valence-electron chi connectivity index (χ0n) is 14.2. The van der Waals surface area contributed by atoms with Crippen LogP contribution in [0.2, 0.25) is 0 Å². The second-order valence-corrected chi connectivity index (χ2v) is 6.38. The van der Waals surface area contributed by atoms with Gasteiger partial charge in [-0.25, -0.2) is 14.8 Å². The number of carboxylic acid groups (broad SMARTS) is 1. The molecule has 0 radical (unpaired) electrons. The summed E-state index contributed by atoms with van der Waals surface area (Å²) in [7, 11) is 0. The number of carbonyl (C=O) groups excluding carboxylic acids is 1. The van der Waals surface area contributed by atoms with E-state index in [0.29, 0.717) is 48.4 Å². The van der Waals surface area contributed by atoms with Gasteiger partial charge in [-0.3, -0.25) is 9.48 Å². The van der Waals surface area contributed by atoms with Crippen molar-refractivity contribution < 1.29 is 14.7 Å². The topological polar surface area (TPSA) is 117 Å². The number of aromatic amines is 1. The molecule has 1 aliphatic rings. The molecule has 4 rings (SSSR count). The fourth-order valence-corrected chi connectivity index (χ4v) is 3.51. The first kappa shape index (κ1) is 16.2. The van der Waals surface area contributed by atoms with Crippen LogP contribution in [0.15, 0.2) is 24.8 Å². The van der Waals surface area contributed by atoms with Crippen molar-refractivity contribution >= 4 is 22.9 Å². The van der Waals surface area contributed by atoms with Crippen LogP contribution in [0.5, 0.6) is 0 Å². The number of amides is 1. The third-order valence-corrected chi connectivity index (χ3v) is 4.93. The van der Waals surface area contributed by atoms with Gasteiger partial charge in [0, 0.05) is 19.3 Å². The van der Waals surface area contributed by atoms with Gasteiger partial charge in [0.15, 0.2) is 0 Å². The van der Waals surface area contributed by atoms with Gasteiger partial charge in [0.1, 0.15) is 23.2 Å². The number of likely N-dealkylation sites (tertiary alicyclic amines) is 1. The van der Waals surface area contributed by atoms with Gasteiger partial charge in [-0.2, -0.15) is 5.10 Å². The Kier molecular flexibility index (Phi) is 3.90. The van der Waals surface area contributed by atoms with E-state index in [-0.39, 0.29) is 17.5 Å². The number of rotatable bonds is 3. The van der Waals surface area contributed by atoms with Crippen LogP contribution in [0.3, 0.4) is 0 Å². The van der Waals surface area contributed by atoms with E-state index in [9.17, 15) is 9.59 Å². The number of aromatic nitrogens is 5. The van der Waals surface area contributed by atoms with E-state index in [4.69, 9.17) is 5.11 Å². The van der Waals surface area contributed by atoms with Crippen molar-refractivity contribution in [1.82, 2.24) is 29.6 Å². The van der Waals surface area contributed by atoms with E-state index in [2.05, 4.69) is 20.1 Å². The molecular formula is C17H18N6O3. The third-order valence-electron chi connectivity index (χ3n) is 4.93. The molecule has 1 fully saturated rings. The number of hydrogen-bond acceptors (Lipinski definition) is 5. The normalized spacial score (nSPS) is 15.5. The van der Waals surface area contributed by atoms with Crippen molar-refractivity contribution in [2.75, 3.05) is 13.1 Å². The molecule has 4 heterocycles. The van der Waals surface area contributed by atoms with E-state index in [1.165, 1.54) is 12.5 Å². The molecule has 0 aromatic carbocycles. The van der Waals surface area contributed by atoms with Crippen molar-refractivity contribution in [3.63, 3.8) is 0 Å². The van der Waals surface area contributed by atoms with E-state index in [1.54, 1.807) is 28.8 Å². The van der Waals surface area contributed by atoms with Crippen molar-refractivity contribution in [3.05, 3.63) is 41.7 Å². The predicted molar refractivity (Wildman–Crippen MR) is 92.0 cm³/mol. The maximum absolute atomic E-state index is 12.8. The highest BCUT2D eigenvalue weighted by molar-refractivity contribution is 6.03. The summed E-state index contributed by atoms with van der Waals surface area (Å²) < 4.78 is 1.76. The zero-order chi connectivity index (χ0) is 18.3. The fraction of sp³-hybridized carbons (Fsp3) is 0.353. The second-order valence-electron chi connectivity index (χ2n) is 6.38. The van der Waals surface area contributed by atoms with Gasteiger partial charge >= 0.3 is 5.97 Å². The Balaban J connectivity index is 1.49. The molecule has 26 heavy (non-hydrogen) atoms. The second kappa shape index (κ2) is 6.25. The van der Waals surface area contributed by atoms with E-state index < -0.39 is 5.97 Å². The molecule has 3 aromatic heterocycles. The summed E-state index contributed by atoms with van der Waals surface area (Å²) in [5, 5.41) is 14.1. The van der Waals surface area contributed by atoms with E-state index in [0.717, 1.165) is 0 Å². The Morgan fingerprint density at radius 2 is 2.04 bits per heavy atom. The minimum absolute atomic E-state index is 0.0878. The smallest absolute Gasteiger partial charge is 0.339 e. The number of aromatic carboxylic acids is 1. The summed E-state index contributed by atoms with van der Waals surface area (Å²) in [4.78, 5) is 37.1. The summed E-state index contributed by atoms with van der Waals surface area (Å²) in [6.07, 6.45) is 5.95. The summed E-state index contributed by atoms with van der Waals surface area (Å²) in [6.45, 7) is 2.90. The van der Waals surface area contributed by atoms with Crippen LogP contribution in [0.25, 0.3) is 11.0 Å². The molecule has 1 saturated heterocycles. The number of nitrogens with zero attached hydrogens (tertiary/aromatic N) is 5. The lowest BCUT2D eigenvalue weighted by Gasteiger charge is -2.32. The van der Waals surface area contributed by atoms with Crippen LogP contribution in [0, 0.1) is 6.92 Å². The van der Waals surface area contributed by atoms with Crippen molar-refractivity contribution in [3.8, 4) is 0 Å². The lowest BCUT2D eigenvalue weighted by atomic mass is 10.0. The SMILES string of the molecule is Cc1c(C(=O)O)cnn1C1CCN(C(=O)c2ncnc3[nH]ccc23)CC1. The highest BCUT2D eigenvalue weighted by Crippen LogP contribution is 2.26. The maximum Gasteiger partial charge on any atom is 0.339 e. The van der Waals surface area contributed by atoms with Crippen LogP contribution < -0.4 is 0 Å². The monoisotopic (exact) mass is 354 g/mol. The van der Waals surface area contributed by atoms with Crippen LogP contribution in [-0.4, -0.2) is 59.7 Å². The minimum atomic E-state index is -0.972. The highest BCUT2D eigenvalue weighted by Gasteiger charge is 2.28. The number of nitrogens with one attached hydrogen (secondary N) is 1. The molecule has 0 spiro atoms. The van der Waals surface area contributed by atoms with Crippen LogP contribution in [0.4, 0.5) is 0 Å². The molecule has 1 aliphatic heterocycles. The number of fused-ring (bicyclic) bond motifs is 1. The summed E-state index contributed by atoms with van der Waals surface area (Å²) >= 11 is 0. The molecule has 0 bridgehead atoms. The van der Waals surface area contributed by atoms with Gasteiger partial charge in [0.25, 0.3) is 5.91 Å². The van der Waals surface area contributed by atoms with Gasteiger partial charge in [0.05, 0.1) is 23.3 Å². The number of hydrogen-bond donors (Lipinski definition) is 2. The largest absolute Gasteiger partial charge is 0.478 e. The lowest BCUT2D eigenvalue weighted by Crippen LogP contribution is -2.39. The van der Waals surface area contributed by atoms with Gasteiger partial charge in [-0.15, -0.1) is 0 Å². The molecule has 0 atom stereocenters. The summed E-state index contributed by atoms with van der Waals surface area (Å²) in [5.74, 6) is -1.08. The highest BCUT2D eigenvalue weighted by atomic mass is 16.4. The zero-order valence-corrected chi connectivity index (χ0v) is 14.2. The molecule has 3 aromatic rings. The van der Waals surface area contributed by atoms with Crippen molar-refractivity contribution in [2.45, 2.75) is 25.8 Å². The minimum Gasteiger partial charge on any atom is -0.478 e. The van der Waals surface area contributed by atoms with E-state index >= 15 is 0 Å². The predicted octanol–water partition coefficient (Wildman–Crippen LogP) is 1.64. The van der Waals surface area contributed by atoms with Crippen LogP contribution >= 0.6 is 0 Å². The first-order valence-electron chi connectivity index (χ1n) is 8.41. The number of piperidine rings is 1. The molecule has 9 heteroatoms. The average Bonchev–Trinajstić information content (AvgIpc) is 3.27. The van der Waals surface area contributed by atoms with Gasteiger partial charge in [-0.05, 0) is 25.8 Å². The van der Waals surface area contributed by atoms with Gasteiger partial charge < -0.3 is 15.0 Å². The molecule has 0 aliphatic carbocycles. The number of H-pyrrole nitrogens is 1. The lowest BCUT2D eigenvalue weighted by molar-refractivity contribution is 0.0684. The van der Waals surface area contributed by atoms with Gasteiger partial charge in [0.2, 0.25) is 0 Å². The van der Waals surface area contributed by atoms with Crippen LogP contribution in [0.1, 0.15) is 45.4 Å². The Labute approximate surface area is 148 Å². The average molecular weight is 354 g/mol. The van der Waals surface area contributed by atoms with Crippen LogP contribution in [-0.2, 0) is 0 Å². The van der Waals surface area contributed by atoms with E-state index in [1.807, 2.05) is 0 Å². The molecule has 1 amide bonds. The Morgan fingerprint density at radius 3 is 2.73 bits per heavy atom.